The van der Waals surface area contributed by atoms with Gasteiger partial charge in [0.15, 0.2) is 0 Å². The van der Waals surface area contributed by atoms with Gasteiger partial charge in [0.25, 0.3) is 0 Å². The van der Waals surface area contributed by atoms with Gasteiger partial charge in [-0.05, 0) is 110 Å². The van der Waals surface area contributed by atoms with E-state index in [0.29, 0.717) is 0 Å². The molecule has 3 aliphatic rings. The second-order valence-electron chi connectivity index (χ2n) is 8.18. The fourth-order valence-corrected chi connectivity index (χ4v) is 5.46. The summed E-state index contributed by atoms with van der Waals surface area (Å²) in [6.07, 6.45) is 3.21. The maximum absolute atomic E-state index is 2.48. The van der Waals surface area contributed by atoms with Crippen molar-refractivity contribution in [1.82, 2.24) is 0 Å². The van der Waals surface area contributed by atoms with E-state index in [1.807, 2.05) is 0 Å². The summed E-state index contributed by atoms with van der Waals surface area (Å²) in [6, 6.07) is 27.7. The van der Waals surface area contributed by atoms with Crippen LogP contribution in [0.3, 0.4) is 0 Å². The minimum Gasteiger partial charge on any atom is -0.0619 e. The SMILES string of the molecule is c1ccc2c(c1)Cc1cc3c(cc1-2)Cc1cc2c(cc1-3)Cc1ccccc1-2. The number of fused-ring (bicyclic) bond motifs is 9. The summed E-state index contributed by atoms with van der Waals surface area (Å²) in [6.45, 7) is 0. The Labute approximate surface area is 159 Å². The molecular formula is C27H18. The molecule has 0 aromatic heterocycles. The van der Waals surface area contributed by atoms with Gasteiger partial charge in [-0.25, -0.2) is 0 Å². The normalized spacial score (nSPS) is 14.2. The van der Waals surface area contributed by atoms with E-state index >= 15 is 0 Å². The van der Waals surface area contributed by atoms with Gasteiger partial charge >= 0.3 is 0 Å². The Morgan fingerprint density at radius 1 is 0.333 bits per heavy atom. The molecule has 0 bridgehead atoms. The van der Waals surface area contributed by atoms with E-state index in [9.17, 15) is 0 Å². The highest BCUT2D eigenvalue weighted by Crippen LogP contribution is 2.47. The van der Waals surface area contributed by atoms with Gasteiger partial charge < -0.3 is 0 Å². The molecule has 126 valence electrons. The molecule has 7 rings (SSSR count). The third kappa shape index (κ3) is 1.78. The van der Waals surface area contributed by atoms with Crippen LogP contribution in [0, 0.1) is 0 Å². The van der Waals surface area contributed by atoms with Crippen LogP contribution >= 0.6 is 0 Å². The molecule has 0 aliphatic heterocycles. The molecule has 27 heavy (non-hydrogen) atoms. The van der Waals surface area contributed by atoms with Crippen molar-refractivity contribution >= 4 is 0 Å². The minimum atomic E-state index is 1.07. The zero-order chi connectivity index (χ0) is 17.5. The van der Waals surface area contributed by atoms with Crippen LogP contribution < -0.4 is 0 Å². The average Bonchev–Trinajstić information content (AvgIpc) is 3.35. The summed E-state index contributed by atoms with van der Waals surface area (Å²) < 4.78 is 0. The van der Waals surface area contributed by atoms with Crippen LogP contribution in [0.5, 0.6) is 0 Å². The molecule has 0 amide bonds. The third-order valence-corrected chi connectivity index (χ3v) is 6.71. The Morgan fingerprint density at radius 3 is 1.11 bits per heavy atom. The van der Waals surface area contributed by atoms with Crippen LogP contribution in [0.15, 0.2) is 72.8 Å². The molecule has 0 radical (unpaired) electrons. The quantitative estimate of drug-likeness (QED) is 0.299. The molecule has 4 aromatic rings. The minimum absolute atomic E-state index is 1.07. The standard InChI is InChI=1S/C27H18/c1-3-7-22-16(5-1)9-18-14-26-20(12-24(18)22)11-21-13-25-19(15-27(21)26)10-17-6-2-4-8-23(17)25/h1-8,12-15H,9-11H2. The lowest BCUT2D eigenvalue weighted by Crippen LogP contribution is -1.86. The molecule has 0 saturated carbocycles. The first-order valence-electron chi connectivity index (χ1n) is 9.84. The molecule has 0 fully saturated rings. The van der Waals surface area contributed by atoms with Crippen molar-refractivity contribution in [1.29, 1.82) is 0 Å². The molecule has 3 aliphatic carbocycles. The van der Waals surface area contributed by atoms with Gasteiger partial charge in [-0.15, -0.1) is 0 Å². The predicted octanol–water partition coefficient (Wildman–Crippen LogP) is 6.40. The van der Waals surface area contributed by atoms with Crippen molar-refractivity contribution in [3.8, 4) is 33.4 Å². The highest BCUT2D eigenvalue weighted by Gasteiger charge is 2.28. The Morgan fingerprint density at radius 2 is 0.667 bits per heavy atom. The smallest absolute Gasteiger partial charge is 0.00130 e. The Balaban J connectivity index is 1.40. The van der Waals surface area contributed by atoms with Crippen molar-refractivity contribution in [2.45, 2.75) is 19.3 Å². The van der Waals surface area contributed by atoms with Gasteiger partial charge in [-0.3, -0.25) is 0 Å². The highest BCUT2D eigenvalue weighted by atomic mass is 14.3. The Hall–Kier alpha value is -3.12. The number of hydrogen-bond donors (Lipinski definition) is 0. The fourth-order valence-electron chi connectivity index (χ4n) is 5.46. The molecule has 0 nitrogen and oxygen atoms in total. The van der Waals surface area contributed by atoms with Gasteiger partial charge in [0.1, 0.15) is 0 Å². The molecule has 0 heterocycles. The lowest BCUT2D eigenvalue weighted by Gasteiger charge is -2.08. The average molecular weight is 342 g/mol. The van der Waals surface area contributed by atoms with Crippen LogP contribution in [0.25, 0.3) is 33.4 Å². The molecule has 4 aromatic carbocycles. The molecule has 0 spiro atoms. The molecular weight excluding hydrogens is 324 g/mol. The zero-order valence-electron chi connectivity index (χ0n) is 15.0. The highest BCUT2D eigenvalue weighted by molar-refractivity contribution is 5.89. The molecule has 0 unspecified atom stereocenters. The predicted molar refractivity (Wildman–Crippen MR) is 111 cm³/mol. The summed E-state index contributed by atoms with van der Waals surface area (Å²) in [7, 11) is 0. The summed E-state index contributed by atoms with van der Waals surface area (Å²) in [5, 5.41) is 0. The largest absolute Gasteiger partial charge is 0.0619 e. The summed E-state index contributed by atoms with van der Waals surface area (Å²) in [5.41, 5.74) is 17.6. The lowest BCUT2D eigenvalue weighted by atomic mass is 9.96. The van der Waals surface area contributed by atoms with Crippen LogP contribution in [-0.4, -0.2) is 0 Å². The second kappa shape index (κ2) is 4.78. The van der Waals surface area contributed by atoms with Gasteiger partial charge in [0, 0.05) is 0 Å². The van der Waals surface area contributed by atoms with E-state index in [4.69, 9.17) is 0 Å². The van der Waals surface area contributed by atoms with Crippen molar-refractivity contribution in [2.75, 3.05) is 0 Å². The van der Waals surface area contributed by atoms with Crippen LogP contribution in [-0.2, 0) is 19.3 Å². The van der Waals surface area contributed by atoms with Gasteiger partial charge in [-0.1, -0.05) is 48.5 Å². The second-order valence-corrected chi connectivity index (χ2v) is 8.18. The van der Waals surface area contributed by atoms with Crippen molar-refractivity contribution < 1.29 is 0 Å². The maximum Gasteiger partial charge on any atom is -0.00130 e. The molecule has 0 N–H and O–H groups in total. The van der Waals surface area contributed by atoms with E-state index in [2.05, 4.69) is 72.8 Å². The van der Waals surface area contributed by atoms with Crippen molar-refractivity contribution in [2.24, 2.45) is 0 Å². The van der Waals surface area contributed by atoms with E-state index in [0.717, 1.165) is 19.3 Å². The first-order valence-corrected chi connectivity index (χ1v) is 9.84. The molecule has 0 heteroatoms. The van der Waals surface area contributed by atoms with Crippen molar-refractivity contribution in [3.05, 3.63) is 106 Å². The van der Waals surface area contributed by atoms with Crippen molar-refractivity contribution in [3.63, 3.8) is 0 Å². The molecule has 0 atom stereocenters. The van der Waals surface area contributed by atoms with Gasteiger partial charge in [0.05, 0.1) is 0 Å². The topological polar surface area (TPSA) is 0 Å². The van der Waals surface area contributed by atoms with Crippen LogP contribution in [0.4, 0.5) is 0 Å². The maximum atomic E-state index is 2.48. The van der Waals surface area contributed by atoms with Crippen LogP contribution in [0.1, 0.15) is 33.4 Å². The van der Waals surface area contributed by atoms with Gasteiger partial charge in [0.2, 0.25) is 0 Å². The van der Waals surface area contributed by atoms with E-state index < -0.39 is 0 Å². The van der Waals surface area contributed by atoms with E-state index in [-0.39, 0.29) is 0 Å². The monoisotopic (exact) mass is 342 g/mol. The Kier molecular flexibility index (Phi) is 2.48. The van der Waals surface area contributed by atoms with Gasteiger partial charge in [-0.2, -0.15) is 0 Å². The first kappa shape index (κ1) is 14.0. The number of hydrogen-bond acceptors (Lipinski definition) is 0. The third-order valence-electron chi connectivity index (χ3n) is 6.71. The fraction of sp³-hybridized carbons (Fsp3) is 0.111. The van der Waals surface area contributed by atoms with E-state index in [1.54, 1.807) is 0 Å². The lowest BCUT2D eigenvalue weighted by molar-refractivity contribution is 1.23. The summed E-state index contributed by atoms with van der Waals surface area (Å²) in [4.78, 5) is 0. The first-order chi connectivity index (χ1) is 13.3. The summed E-state index contributed by atoms with van der Waals surface area (Å²) in [5.74, 6) is 0. The number of benzene rings is 4. The summed E-state index contributed by atoms with van der Waals surface area (Å²) >= 11 is 0. The number of rotatable bonds is 0. The van der Waals surface area contributed by atoms with Crippen LogP contribution in [0.2, 0.25) is 0 Å². The zero-order valence-corrected chi connectivity index (χ0v) is 15.0. The molecule has 0 saturated heterocycles. The van der Waals surface area contributed by atoms with E-state index in [1.165, 1.54) is 66.8 Å². The Bertz CT molecular complexity index is 1190.